The zero-order chi connectivity index (χ0) is 13.3. The first-order valence-electron chi connectivity index (χ1n) is 5.49. The first-order valence-corrected chi connectivity index (χ1v) is 7.04. The van der Waals surface area contributed by atoms with E-state index in [4.69, 9.17) is 5.14 Å². The maximum Gasteiger partial charge on any atom is 0.241 e. The molecule has 0 atom stereocenters. The number of benzene rings is 1. The van der Waals surface area contributed by atoms with E-state index in [0.717, 1.165) is 11.1 Å². The van der Waals surface area contributed by atoms with E-state index < -0.39 is 10.0 Å². The second kappa shape index (κ2) is 4.55. The van der Waals surface area contributed by atoms with E-state index in [0.29, 0.717) is 12.2 Å². The van der Waals surface area contributed by atoms with Gasteiger partial charge in [-0.25, -0.2) is 13.6 Å². The van der Waals surface area contributed by atoms with Crippen LogP contribution in [0.5, 0.6) is 0 Å². The molecule has 0 amide bonds. The molecular weight excluding hydrogens is 250 g/mol. The molecule has 0 radical (unpaired) electrons. The Bertz CT molecular complexity index is 674. The average Bonchev–Trinajstić information content (AvgIpc) is 2.63. The third-order valence-electron chi connectivity index (χ3n) is 2.95. The SMILES string of the molecule is Cc1ccccc1Cn1ncc(S(N)(=O)=O)c1C. The number of rotatable bonds is 3. The average molecular weight is 265 g/mol. The molecule has 2 rings (SSSR count). The minimum atomic E-state index is -3.70. The summed E-state index contributed by atoms with van der Waals surface area (Å²) in [5.41, 5.74) is 2.80. The van der Waals surface area contributed by atoms with Gasteiger partial charge in [-0.2, -0.15) is 5.10 Å². The first kappa shape index (κ1) is 12.8. The Kier molecular flexibility index (Phi) is 3.23. The summed E-state index contributed by atoms with van der Waals surface area (Å²) in [6.07, 6.45) is 1.29. The Labute approximate surface area is 106 Å². The third kappa shape index (κ3) is 2.44. The number of hydrogen-bond donors (Lipinski definition) is 1. The molecule has 0 saturated heterocycles. The van der Waals surface area contributed by atoms with Crippen molar-refractivity contribution in [2.24, 2.45) is 5.14 Å². The lowest BCUT2D eigenvalue weighted by molar-refractivity contribution is 0.596. The largest absolute Gasteiger partial charge is 0.264 e. The van der Waals surface area contributed by atoms with Crippen molar-refractivity contribution in [3.05, 3.63) is 47.3 Å². The molecule has 18 heavy (non-hydrogen) atoms. The predicted octanol–water partition coefficient (Wildman–Crippen LogP) is 1.20. The number of hydrogen-bond acceptors (Lipinski definition) is 3. The second-order valence-electron chi connectivity index (χ2n) is 4.22. The van der Waals surface area contributed by atoms with Gasteiger partial charge in [0.1, 0.15) is 4.90 Å². The highest BCUT2D eigenvalue weighted by atomic mass is 32.2. The summed E-state index contributed by atoms with van der Waals surface area (Å²) in [6.45, 7) is 4.24. The quantitative estimate of drug-likeness (QED) is 0.905. The lowest BCUT2D eigenvalue weighted by Crippen LogP contribution is -2.13. The molecule has 0 aliphatic carbocycles. The molecule has 0 aliphatic heterocycles. The second-order valence-corrected chi connectivity index (χ2v) is 5.75. The van der Waals surface area contributed by atoms with Crippen LogP contribution in [0, 0.1) is 13.8 Å². The van der Waals surface area contributed by atoms with Crippen molar-refractivity contribution in [1.82, 2.24) is 9.78 Å². The van der Waals surface area contributed by atoms with E-state index in [2.05, 4.69) is 5.10 Å². The number of aromatic nitrogens is 2. The molecule has 0 bridgehead atoms. The minimum absolute atomic E-state index is 0.0797. The highest BCUT2D eigenvalue weighted by Crippen LogP contribution is 2.15. The minimum Gasteiger partial charge on any atom is -0.264 e. The summed E-state index contributed by atoms with van der Waals surface area (Å²) >= 11 is 0. The third-order valence-corrected chi connectivity index (χ3v) is 3.96. The number of aryl methyl sites for hydroxylation is 1. The first-order chi connectivity index (χ1) is 8.39. The van der Waals surface area contributed by atoms with E-state index in [-0.39, 0.29) is 4.90 Å². The summed E-state index contributed by atoms with van der Waals surface area (Å²) in [4.78, 5) is 0.0797. The van der Waals surface area contributed by atoms with Gasteiger partial charge in [0.2, 0.25) is 10.0 Å². The van der Waals surface area contributed by atoms with Crippen LogP contribution in [0.1, 0.15) is 16.8 Å². The fourth-order valence-corrected chi connectivity index (χ4v) is 2.53. The zero-order valence-electron chi connectivity index (χ0n) is 10.3. The summed E-state index contributed by atoms with van der Waals surface area (Å²) in [6, 6.07) is 7.91. The van der Waals surface area contributed by atoms with Crippen molar-refractivity contribution < 1.29 is 8.42 Å². The number of nitrogens with zero attached hydrogens (tertiary/aromatic N) is 2. The standard InChI is InChI=1S/C12H15N3O2S/c1-9-5-3-4-6-11(9)8-15-10(2)12(7-14-15)18(13,16)17/h3-7H,8H2,1-2H3,(H2,13,16,17). The van der Waals surface area contributed by atoms with Gasteiger partial charge in [-0.15, -0.1) is 0 Å². The highest BCUT2D eigenvalue weighted by molar-refractivity contribution is 7.89. The van der Waals surface area contributed by atoms with Gasteiger partial charge in [-0.3, -0.25) is 4.68 Å². The van der Waals surface area contributed by atoms with Gasteiger partial charge in [-0.05, 0) is 25.0 Å². The van der Waals surface area contributed by atoms with Crippen LogP contribution in [0.3, 0.4) is 0 Å². The van der Waals surface area contributed by atoms with E-state index in [1.54, 1.807) is 11.6 Å². The Morgan fingerprint density at radius 3 is 2.50 bits per heavy atom. The Morgan fingerprint density at radius 1 is 1.28 bits per heavy atom. The monoisotopic (exact) mass is 265 g/mol. The molecule has 0 saturated carbocycles. The molecular formula is C12H15N3O2S. The van der Waals surface area contributed by atoms with Crippen LogP contribution in [0.25, 0.3) is 0 Å². The van der Waals surface area contributed by atoms with Crippen LogP contribution in [0.15, 0.2) is 35.4 Å². The van der Waals surface area contributed by atoms with Crippen LogP contribution in [0.4, 0.5) is 0 Å². The molecule has 1 aromatic carbocycles. The molecule has 0 aliphatic rings. The normalized spacial score (nSPS) is 11.7. The maximum absolute atomic E-state index is 11.3. The van der Waals surface area contributed by atoms with Gasteiger partial charge in [-0.1, -0.05) is 24.3 Å². The van der Waals surface area contributed by atoms with E-state index >= 15 is 0 Å². The fraction of sp³-hybridized carbons (Fsp3) is 0.250. The van der Waals surface area contributed by atoms with Gasteiger partial charge in [0.15, 0.2) is 0 Å². The molecule has 0 spiro atoms. The predicted molar refractivity (Wildman–Crippen MR) is 68.6 cm³/mol. The van der Waals surface area contributed by atoms with Gasteiger partial charge < -0.3 is 0 Å². The van der Waals surface area contributed by atoms with Crippen molar-refractivity contribution >= 4 is 10.0 Å². The zero-order valence-corrected chi connectivity index (χ0v) is 11.1. The lowest BCUT2D eigenvalue weighted by Gasteiger charge is -2.07. The Balaban J connectivity index is 2.38. The Morgan fingerprint density at radius 2 is 1.94 bits per heavy atom. The topological polar surface area (TPSA) is 78.0 Å². The number of primary sulfonamides is 1. The molecule has 2 aromatic rings. The van der Waals surface area contributed by atoms with E-state index in [1.807, 2.05) is 31.2 Å². The molecule has 0 unspecified atom stereocenters. The van der Waals surface area contributed by atoms with Gasteiger partial charge in [0, 0.05) is 0 Å². The molecule has 96 valence electrons. The molecule has 1 aromatic heterocycles. The van der Waals surface area contributed by atoms with Crippen molar-refractivity contribution in [3.8, 4) is 0 Å². The van der Waals surface area contributed by atoms with Crippen LogP contribution in [-0.4, -0.2) is 18.2 Å². The van der Waals surface area contributed by atoms with Crippen LogP contribution < -0.4 is 5.14 Å². The van der Waals surface area contributed by atoms with Gasteiger partial charge >= 0.3 is 0 Å². The van der Waals surface area contributed by atoms with E-state index in [9.17, 15) is 8.42 Å². The summed E-state index contributed by atoms with van der Waals surface area (Å²) in [5, 5.41) is 9.19. The molecule has 6 heteroatoms. The summed E-state index contributed by atoms with van der Waals surface area (Å²) < 4.78 is 24.3. The van der Waals surface area contributed by atoms with Crippen molar-refractivity contribution in [1.29, 1.82) is 0 Å². The number of sulfonamides is 1. The molecule has 5 nitrogen and oxygen atoms in total. The van der Waals surface area contributed by atoms with Crippen LogP contribution >= 0.6 is 0 Å². The smallest absolute Gasteiger partial charge is 0.241 e. The van der Waals surface area contributed by atoms with Gasteiger partial charge in [0.25, 0.3) is 0 Å². The molecule has 1 heterocycles. The maximum atomic E-state index is 11.3. The Hall–Kier alpha value is -1.66. The van der Waals surface area contributed by atoms with Crippen LogP contribution in [-0.2, 0) is 16.6 Å². The van der Waals surface area contributed by atoms with E-state index in [1.165, 1.54) is 6.20 Å². The highest BCUT2D eigenvalue weighted by Gasteiger charge is 2.16. The van der Waals surface area contributed by atoms with Crippen molar-refractivity contribution in [3.63, 3.8) is 0 Å². The number of nitrogens with two attached hydrogens (primary N) is 1. The summed E-state index contributed by atoms with van der Waals surface area (Å²) in [5.74, 6) is 0. The molecule has 0 fully saturated rings. The lowest BCUT2D eigenvalue weighted by atomic mass is 10.1. The fourth-order valence-electron chi connectivity index (χ4n) is 1.82. The van der Waals surface area contributed by atoms with Crippen molar-refractivity contribution in [2.75, 3.05) is 0 Å². The molecule has 2 N–H and O–H groups in total. The summed E-state index contributed by atoms with van der Waals surface area (Å²) in [7, 11) is -3.70. The van der Waals surface area contributed by atoms with Gasteiger partial charge in [0.05, 0.1) is 18.4 Å². The van der Waals surface area contributed by atoms with Crippen LogP contribution in [0.2, 0.25) is 0 Å². The van der Waals surface area contributed by atoms with Crippen molar-refractivity contribution in [2.45, 2.75) is 25.3 Å².